The van der Waals surface area contributed by atoms with Crippen LogP contribution >= 0.6 is 0 Å². The smallest absolute Gasteiger partial charge is 0.118 e. The highest BCUT2D eigenvalue weighted by Crippen LogP contribution is 2.19. The molecule has 0 aliphatic rings. The zero-order chi connectivity index (χ0) is 9.68. The summed E-state index contributed by atoms with van der Waals surface area (Å²) in [4.78, 5) is 0. The Kier molecular flexibility index (Phi) is 3.97. The second-order valence-electron chi connectivity index (χ2n) is 3.37. The second-order valence-corrected chi connectivity index (χ2v) is 3.37. The number of benzene rings is 1. The van der Waals surface area contributed by atoms with Crippen LogP contribution in [0.4, 0.5) is 0 Å². The SMILES string of the molecule is CCCC([O])c1ccc(CC)cc1. The Morgan fingerprint density at radius 3 is 2.23 bits per heavy atom. The molecule has 0 spiro atoms. The third kappa shape index (κ3) is 2.85. The normalized spacial score (nSPS) is 12.8. The lowest BCUT2D eigenvalue weighted by atomic mass is 10.0. The van der Waals surface area contributed by atoms with Gasteiger partial charge in [-0.25, -0.2) is 5.11 Å². The van der Waals surface area contributed by atoms with Gasteiger partial charge in [-0.05, 0) is 24.0 Å². The van der Waals surface area contributed by atoms with E-state index in [1.807, 2.05) is 19.1 Å². The highest BCUT2D eigenvalue weighted by atomic mass is 16.3. The Hall–Kier alpha value is -0.820. The van der Waals surface area contributed by atoms with Crippen LogP contribution in [0.25, 0.3) is 0 Å². The van der Waals surface area contributed by atoms with E-state index in [-0.39, 0.29) is 0 Å². The first-order chi connectivity index (χ1) is 6.27. The molecule has 1 rings (SSSR count). The Balaban J connectivity index is 2.67. The summed E-state index contributed by atoms with van der Waals surface area (Å²) >= 11 is 0. The summed E-state index contributed by atoms with van der Waals surface area (Å²) in [6.07, 6.45) is 2.21. The van der Waals surface area contributed by atoms with Crippen LogP contribution in [0.5, 0.6) is 0 Å². The van der Waals surface area contributed by atoms with E-state index < -0.39 is 6.10 Å². The maximum absolute atomic E-state index is 11.5. The van der Waals surface area contributed by atoms with Crippen molar-refractivity contribution in [3.63, 3.8) is 0 Å². The van der Waals surface area contributed by atoms with Gasteiger partial charge in [-0.3, -0.25) is 0 Å². The minimum atomic E-state index is -0.532. The van der Waals surface area contributed by atoms with Crippen molar-refractivity contribution in [3.05, 3.63) is 35.4 Å². The van der Waals surface area contributed by atoms with Crippen molar-refractivity contribution in [2.24, 2.45) is 0 Å². The molecular weight excluding hydrogens is 160 g/mol. The summed E-state index contributed by atoms with van der Waals surface area (Å²) in [6, 6.07) is 8.03. The van der Waals surface area contributed by atoms with Crippen molar-refractivity contribution in [1.82, 2.24) is 0 Å². The predicted molar refractivity (Wildman–Crippen MR) is 54.2 cm³/mol. The lowest BCUT2D eigenvalue weighted by molar-refractivity contribution is 0.0805. The number of hydrogen-bond donors (Lipinski definition) is 0. The zero-order valence-electron chi connectivity index (χ0n) is 8.42. The summed E-state index contributed by atoms with van der Waals surface area (Å²) in [5.41, 5.74) is 2.23. The maximum atomic E-state index is 11.5. The molecule has 0 bridgehead atoms. The van der Waals surface area contributed by atoms with Crippen LogP contribution in [0, 0.1) is 0 Å². The van der Waals surface area contributed by atoms with Crippen molar-refractivity contribution in [2.75, 3.05) is 0 Å². The minimum Gasteiger partial charge on any atom is -0.228 e. The third-order valence-electron chi connectivity index (χ3n) is 2.31. The van der Waals surface area contributed by atoms with E-state index in [0.717, 1.165) is 24.8 Å². The van der Waals surface area contributed by atoms with Gasteiger partial charge in [0.2, 0.25) is 0 Å². The average molecular weight is 177 g/mol. The van der Waals surface area contributed by atoms with E-state index in [1.54, 1.807) is 0 Å². The summed E-state index contributed by atoms with van der Waals surface area (Å²) in [5, 5.41) is 11.5. The largest absolute Gasteiger partial charge is 0.228 e. The standard InChI is InChI=1S/C12H17O/c1-3-5-12(13)11-8-6-10(4-2)7-9-11/h6-9,12H,3-5H2,1-2H3. The van der Waals surface area contributed by atoms with E-state index in [2.05, 4.69) is 19.1 Å². The Bertz CT molecular complexity index is 238. The number of rotatable bonds is 4. The molecule has 13 heavy (non-hydrogen) atoms. The van der Waals surface area contributed by atoms with Gasteiger partial charge in [-0.2, -0.15) is 0 Å². The third-order valence-corrected chi connectivity index (χ3v) is 2.31. The molecule has 0 saturated heterocycles. The Morgan fingerprint density at radius 2 is 1.77 bits per heavy atom. The number of aryl methyl sites for hydroxylation is 1. The van der Waals surface area contributed by atoms with Crippen molar-refractivity contribution in [2.45, 2.75) is 39.2 Å². The molecule has 1 aromatic rings. The van der Waals surface area contributed by atoms with Crippen molar-refractivity contribution >= 4 is 0 Å². The van der Waals surface area contributed by atoms with Gasteiger partial charge in [0.1, 0.15) is 6.10 Å². The molecule has 0 aliphatic heterocycles. The summed E-state index contributed by atoms with van der Waals surface area (Å²) in [5.74, 6) is 0. The average Bonchev–Trinajstić information content (AvgIpc) is 2.18. The lowest BCUT2D eigenvalue weighted by Crippen LogP contribution is -1.94. The second kappa shape index (κ2) is 5.03. The van der Waals surface area contributed by atoms with Crippen LogP contribution in [-0.4, -0.2) is 0 Å². The van der Waals surface area contributed by atoms with Gasteiger partial charge in [-0.15, -0.1) is 0 Å². The zero-order valence-corrected chi connectivity index (χ0v) is 8.42. The van der Waals surface area contributed by atoms with Crippen molar-refractivity contribution < 1.29 is 5.11 Å². The summed E-state index contributed by atoms with van der Waals surface area (Å²) < 4.78 is 0. The van der Waals surface area contributed by atoms with Gasteiger partial charge >= 0.3 is 0 Å². The van der Waals surface area contributed by atoms with Gasteiger partial charge in [-0.1, -0.05) is 44.5 Å². The van der Waals surface area contributed by atoms with Gasteiger partial charge in [0, 0.05) is 0 Å². The van der Waals surface area contributed by atoms with Gasteiger partial charge in [0.15, 0.2) is 0 Å². The van der Waals surface area contributed by atoms with Crippen LogP contribution < -0.4 is 0 Å². The fourth-order valence-electron chi connectivity index (χ4n) is 1.40. The molecule has 1 aromatic carbocycles. The highest BCUT2D eigenvalue weighted by Gasteiger charge is 2.06. The molecule has 1 unspecified atom stereocenters. The van der Waals surface area contributed by atoms with E-state index in [9.17, 15) is 5.11 Å². The quantitative estimate of drug-likeness (QED) is 0.670. The maximum Gasteiger partial charge on any atom is 0.118 e. The van der Waals surface area contributed by atoms with Crippen molar-refractivity contribution in [3.8, 4) is 0 Å². The first kappa shape index (κ1) is 10.3. The minimum absolute atomic E-state index is 0.532. The molecule has 1 atom stereocenters. The topological polar surface area (TPSA) is 19.9 Å². The molecule has 0 aromatic heterocycles. The fourth-order valence-corrected chi connectivity index (χ4v) is 1.40. The molecule has 1 nitrogen and oxygen atoms in total. The summed E-state index contributed by atoms with van der Waals surface area (Å²) in [7, 11) is 0. The molecule has 71 valence electrons. The van der Waals surface area contributed by atoms with E-state index in [4.69, 9.17) is 0 Å². The van der Waals surface area contributed by atoms with E-state index in [1.165, 1.54) is 5.56 Å². The molecule has 0 fully saturated rings. The number of hydrogen-bond acceptors (Lipinski definition) is 0. The molecule has 0 N–H and O–H groups in total. The van der Waals surface area contributed by atoms with Crippen LogP contribution in [0.1, 0.15) is 43.9 Å². The highest BCUT2D eigenvalue weighted by molar-refractivity contribution is 5.23. The molecule has 0 saturated carbocycles. The summed E-state index contributed by atoms with van der Waals surface area (Å²) in [6.45, 7) is 4.17. The molecular formula is C12H17O. The first-order valence-electron chi connectivity index (χ1n) is 5.02. The fraction of sp³-hybridized carbons (Fsp3) is 0.500. The molecule has 1 heteroatoms. The van der Waals surface area contributed by atoms with E-state index in [0.29, 0.717) is 0 Å². The molecule has 1 radical (unpaired) electrons. The van der Waals surface area contributed by atoms with E-state index >= 15 is 0 Å². The van der Waals surface area contributed by atoms with Crippen LogP contribution in [0.15, 0.2) is 24.3 Å². The van der Waals surface area contributed by atoms with Crippen LogP contribution in [-0.2, 0) is 11.5 Å². The molecule has 0 amide bonds. The Labute approximate surface area is 80.4 Å². The van der Waals surface area contributed by atoms with Gasteiger partial charge in [0.25, 0.3) is 0 Å². The predicted octanol–water partition coefficient (Wildman–Crippen LogP) is 3.52. The molecule has 0 heterocycles. The first-order valence-corrected chi connectivity index (χ1v) is 5.02. The molecule has 0 aliphatic carbocycles. The van der Waals surface area contributed by atoms with Gasteiger partial charge < -0.3 is 0 Å². The van der Waals surface area contributed by atoms with Crippen LogP contribution in [0.3, 0.4) is 0 Å². The monoisotopic (exact) mass is 177 g/mol. The van der Waals surface area contributed by atoms with Crippen LogP contribution in [0.2, 0.25) is 0 Å². The van der Waals surface area contributed by atoms with Gasteiger partial charge in [0.05, 0.1) is 0 Å². The Morgan fingerprint density at radius 1 is 1.15 bits per heavy atom. The van der Waals surface area contributed by atoms with Crippen molar-refractivity contribution in [1.29, 1.82) is 0 Å². The lowest BCUT2D eigenvalue weighted by Gasteiger charge is -2.07.